The third-order valence-electron chi connectivity index (χ3n) is 2.47. The first-order valence-corrected chi connectivity index (χ1v) is 6.88. The maximum Gasteiger partial charge on any atom is 0.293 e. The van der Waals surface area contributed by atoms with Crippen LogP contribution in [0.4, 0.5) is 0 Å². The van der Waals surface area contributed by atoms with Gasteiger partial charge in [-0.2, -0.15) is 0 Å². The van der Waals surface area contributed by atoms with Gasteiger partial charge in [-0.3, -0.25) is 14.9 Å². The van der Waals surface area contributed by atoms with Gasteiger partial charge in [0.2, 0.25) is 5.91 Å². The monoisotopic (exact) mass is 291 g/mol. The fourth-order valence-electron chi connectivity index (χ4n) is 1.47. The lowest BCUT2D eigenvalue weighted by atomic mass is 10.2. The third-order valence-corrected chi connectivity index (χ3v) is 3.49. The largest absolute Gasteiger partial charge is 0.459 e. The van der Waals surface area contributed by atoms with E-state index in [1.165, 1.54) is 24.1 Å². The van der Waals surface area contributed by atoms with Gasteiger partial charge in [0, 0.05) is 4.90 Å². The first-order chi connectivity index (χ1) is 9.69. The second-order valence-corrected chi connectivity index (χ2v) is 4.99. The van der Waals surface area contributed by atoms with Crippen molar-refractivity contribution in [3.8, 4) is 0 Å². The van der Waals surface area contributed by atoms with E-state index in [9.17, 15) is 9.59 Å². The van der Waals surface area contributed by atoms with E-state index in [0.717, 1.165) is 10.5 Å². The van der Waals surface area contributed by atoms with Crippen molar-refractivity contribution in [3.63, 3.8) is 0 Å². The Bertz CT molecular complexity index is 578. The summed E-state index contributed by atoms with van der Waals surface area (Å²) in [5.74, 6) is -0.695. The molecule has 20 heavy (non-hydrogen) atoms. The van der Waals surface area contributed by atoms with E-state index >= 15 is 0 Å². The van der Waals surface area contributed by atoms with Gasteiger partial charge in [0.05, 0.1) is 18.6 Å². The number of benzene rings is 1. The summed E-state index contributed by atoms with van der Waals surface area (Å²) >= 11 is 1.31. The Morgan fingerprint density at radius 3 is 2.55 bits per heavy atom. The molecule has 0 fully saturated rings. The minimum absolute atomic E-state index is 0.0108. The molecule has 1 heterocycles. The number of hydrogen-bond acceptors (Lipinski definition) is 5. The minimum atomic E-state index is -0.545. The van der Waals surface area contributed by atoms with Crippen molar-refractivity contribution in [2.75, 3.05) is 5.75 Å². The fraction of sp³-hybridized carbons (Fsp3) is 0.143. The van der Waals surface area contributed by atoms with Crippen molar-refractivity contribution in [2.45, 2.75) is 11.5 Å². The number of nitrogens with one attached hydrogen (secondary N) is 1. The highest BCUT2D eigenvalue weighted by molar-refractivity contribution is 8.00. The molecule has 6 heteroatoms. The lowest BCUT2D eigenvalue weighted by Crippen LogP contribution is -2.31. The lowest BCUT2D eigenvalue weighted by molar-refractivity contribution is -0.117. The molecule has 0 atom stereocenters. The van der Waals surface area contributed by atoms with Crippen LogP contribution in [0.3, 0.4) is 0 Å². The Morgan fingerprint density at radius 2 is 1.95 bits per heavy atom. The van der Waals surface area contributed by atoms with Crippen molar-refractivity contribution in [3.05, 3.63) is 54.0 Å². The SMILES string of the molecule is O=C(CSc1ccc(CO)cc1)NC(=O)c1ccco1. The van der Waals surface area contributed by atoms with Crippen LogP contribution in [-0.2, 0) is 11.4 Å². The Balaban J connectivity index is 1.81. The molecule has 0 saturated carbocycles. The number of thioether (sulfide) groups is 1. The van der Waals surface area contributed by atoms with Crippen molar-refractivity contribution in [2.24, 2.45) is 0 Å². The predicted molar refractivity (Wildman–Crippen MR) is 74.3 cm³/mol. The summed E-state index contributed by atoms with van der Waals surface area (Å²) in [7, 11) is 0. The molecule has 1 aromatic carbocycles. The van der Waals surface area contributed by atoms with Gasteiger partial charge in [0.15, 0.2) is 5.76 Å². The number of imide groups is 1. The van der Waals surface area contributed by atoms with Gasteiger partial charge >= 0.3 is 0 Å². The molecule has 0 aliphatic rings. The zero-order valence-electron chi connectivity index (χ0n) is 10.5. The summed E-state index contributed by atoms with van der Waals surface area (Å²) in [5.41, 5.74) is 0.812. The van der Waals surface area contributed by atoms with Crippen LogP contribution in [0.1, 0.15) is 16.1 Å². The van der Waals surface area contributed by atoms with E-state index in [0.29, 0.717) is 0 Å². The van der Waals surface area contributed by atoms with E-state index < -0.39 is 5.91 Å². The quantitative estimate of drug-likeness (QED) is 0.821. The van der Waals surface area contributed by atoms with Crippen LogP contribution >= 0.6 is 11.8 Å². The maximum absolute atomic E-state index is 11.6. The molecule has 0 radical (unpaired) electrons. The van der Waals surface area contributed by atoms with E-state index in [2.05, 4.69) is 5.32 Å². The Morgan fingerprint density at radius 1 is 1.20 bits per heavy atom. The fourth-order valence-corrected chi connectivity index (χ4v) is 2.17. The molecule has 0 saturated heterocycles. The average Bonchev–Trinajstić information content (AvgIpc) is 3.00. The van der Waals surface area contributed by atoms with Crippen molar-refractivity contribution in [1.82, 2.24) is 5.32 Å². The van der Waals surface area contributed by atoms with Crippen LogP contribution in [-0.4, -0.2) is 22.7 Å². The molecule has 104 valence electrons. The van der Waals surface area contributed by atoms with Crippen LogP contribution in [0, 0.1) is 0 Å². The van der Waals surface area contributed by atoms with Gasteiger partial charge in [-0.05, 0) is 29.8 Å². The first kappa shape index (κ1) is 14.4. The molecule has 1 aromatic heterocycles. The Labute approximate surface area is 120 Å². The molecule has 2 aromatic rings. The van der Waals surface area contributed by atoms with Crippen LogP contribution < -0.4 is 5.32 Å². The lowest BCUT2D eigenvalue weighted by Gasteiger charge is -2.03. The second-order valence-electron chi connectivity index (χ2n) is 3.95. The van der Waals surface area contributed by atoms with Gasteiger partial charge in [0.1, 0.15) is 0 Å². The molecule has 2 N–H and O–H groups in total. The van der Waals surface area contributed by atoms with E-state index in [-0.39, 0.29) is 24.0 Å². The van der Waals surface area contributed by atoms with Gasteiger partial charge in [0.25, 0.3) is 5.91 Å². The zero-order valence-corrected chi connectivity index (χ0v) is 11.4. The van der Waals surface area contributed by atoms with E-state index in [1.807, 2.05) is 12.1 Å². The normalized spacial score (nSPS) is 10.2. The summed E-state index contributed by atoms with van der Waals surface area (Å²) in [5, 5.41) is 11.2. The van der Waals surface area contributed by atoms with Crippen LogP contribution in [0.2, 0.25) is 0 Å². The van der Waals surface area contributed by atoms with Gasteiger partial charge in [-0.25, -0.2) is 0 Å². The number of carbonyl (C=O) groups excluding carboxylic acids is 2. The third kappa shape index (κ3) is 3.97. The molecule has 5 nitrogen and oxygen atoms in total. The molecule has 0 unspecified atom stereocenters. The van der Waals surface area contributed by atoms with Crippen LogP contribution in [0.15, 0.2) is 52.0 Å². The Hall–Kier alpha value is -2.05. The number of aliphatic hydroxyl groups is 1. The summed E-state index contributed by atoms with van der Waals surface area (Å²) in [6.45, 7) is -0.0108. The highest BCUT2D eigenvalue weighted by atomic mass is 32.2. The molecule has 0 aliphatic heterocycles. The number of carbonyl (C=O) groups is 2. The highest BCUT2D eigenvalue weighted by Crippen LogP contribution is 2.18. The van der Waals surface area contributed by atoms with Crippen molar-refractivity contribution in [1.29, 1.82) is 0 Å². The highest BCUT2D eigenvalue weighted by Gasteiger charge is 2.12. The topological polar surface area (TPSA) is 79.5 Å². The summed E-state index contributed by atoms with van der Waals surface area (Å²) < 4.78 is 4.89. The second kappa shape index (κ2) is 6.93. The number of aliphatic hydroxyl groups excluding tert-OH is 1. The van der Waals surface area contributed by atoms with Gasteiger partial charge in [-0.15, -0.1) is 11.8 Å². The number of amides is 2. The molecular formula is C14H13NO4S. The van der Waals surface area contributed by atoms with Crippen molar-refractivity contribution >= 4 is 23.6 Å². The molecule has 2 amide bonds. The summed E-state index contributed by atoms with van der Waals surface area (Å²) in [6.07, 6.45) is 1.37. The summed E-state index contributed by atoms with van der Waals surface area (Å²) in [4.78, 5) is 24.1. The maximum atomic E-state index is 11.6. The molecule has 0 bridgehead atoms. The predicted octanol–water partition coefficient (Wildman–Crippen LogP) is 1.82. The van der Waals surface area contributed by atoms with Gasteiger partial charge in [-0.1, -0.05) is 12.1 Å². The zero-order chi connectivity index (χ0) is 14.4. The van der Waals surface area contributed by atoms with Crippen LogP contribution in [0.5, 0.6) is 0 Å². The molecular weight excluding hydrogens is 278 g/mol. The van der Waals surface area contributed by atoms with Crippen LogP contribution in [0.25, 0.3) is 0 Å². The number of hydrogen-bond donors (Lipinski definition) is 2. The minimum Gasteiger partial charge on any atom is -0.459 e. The first-order valence-electron chi connectivity index (χ1n) is 5.89. The summed E-state index contributed by atoms with van der Waals surface area (Å²) in [6, 6.07) is 10.3. The average molecular weight is 291 g/mol. The Kier molecular flexibility index (Phi) is 4.97. The number of furan rings is 1. The van der Waals surface area contributed by atoms with E-state index in [1.54, 1.807) is 18.2 Å². The molecule has 0 aliphatic carbocycles. The van der Waals surface area contributed by atoms with Gasteiger partial charge < -0.3 is 9.52 Å². The standard InChI is InChI=1S/C14H13NO4S/c16-8-10-3-5-11(6-4-10)20-9-13(17)15-14(18)12-2-1-7-19-12/h1-7,16H,8-9H2,(H,15,17,18). The molecule has 0 spiro atoms. The molecule has 2 rings (SSSR count). The number of rotatable bonds is 5. The smallest absolute Gasteiger partial charge is 0.293 e. The van der Waals surface area contributed by atoms with E-state index in [4.69, 9.17) is 9.52 Å². The van der Waals surface area contributed by atoms with Crippen molar-refractivity contribution < 1.29 is 19.1 Å².